The van der Waals surface area contributed by atoms with Crippen molar-refractivity contribution in [2.45, 2.75) is 84.7 Å². The van der Waals surface area contributed by atoms with Gasteiger partial charge in [0.05, 0.1) is 6.10 Å². The molecule has 1 N–H and O–H groups in total. The van der Waals surface area contributed by atoms with Crippen molar-refractivity contribution in [3.63, 3.8) is 0 Å². The Morgan fingerprint density at radius 1 is 0.850 bits per heavy atom. The van der Waals surface area contributed by atoms with Gasteiger partial charge in [0.2, 0.25) is 0 Å². The second kappa shape index (κ2) is 9.99. The maximum atomic E-state index is 10.3. The van der Waals surface area contributed by atoms with E-state index in [-0.39, 0.29) is 6.10 Å². The standard InChI is InChI=1S/C19H32O/c1-4-7-8-9-10-11-12-19(20)18-14-13-16(5-2)17(6-3)15-18/h13-15,19-20H,4-12H2,1-3H3. The number of unbranched alkanes of at least 4 members (excludes halogenated alkanes) is 5. The fourth-order valence-electron chi connectivity index (χ4n) is 2.81. The van der Waals surface area contributed by atoms with Crippen molar-refractivity contribution in [2.75, 3.05) is 0 Å². The average Bonchev–Trinajstić information content (AvgIpc) is 2.49. The summed E-state index contributed by atoms with van der Waals surface area (Å²) in [5.74, 6) is 0. The van der Waals surface area contributed by atoms with Crippen LogP contribution in [0.2, 0.25) is 0 Å². The van der Waals surface area contributed by atoms with E-state index < -0.39 is 0 Å². The zero-order valence-corrected chi connectivity index (χ0v) is 13.6. The molecule has 1 unspecified atom stereocenters. The van der Waals surface area contributed by atoms with Crippen LogP contribution >= 0.6 is 0 Å². The van der Waals surface area contributed by atoms with Crippen LogP contribution in [0.15, 0.2) is 18.2 Å². The molecule has 0 saturated carbocycles. The van der Waals surface area contributed by atoms with Gasteiger partial charge < -0.3 is 5.11 Å². The summed E-state index contributed by atoms with van der Waals surface area (Å²) in [4.78, 5) is 0. The quantitative estimate of drug-likeness (QED) is 0.552. The molecular formula is C19H32O. The third-order valence-electron chi connectivity index (χ3n) is 4.21. The van der Waals surface area contributed by atoms with Crippen LogP contribution in [0.4, 0.5) is 0 Å². The molecule has 114 valence electrons. The molecule has 20 heavy (non-hydrogen) atoms. The smallest absolute Gasteiger partial charge is 0.0790 e. The molecule has 0 aliphatic heterocycles. The first-order valence-electron chi connectivity index (χ1n) is 8.52. The van der Waals surface area contributed by atoms with E-state index in [1.165, 1.54) is 43.2 Å². The molecule has 0 heterocycles. The minimum Gasteiger partial charge on any atom is -0.388 e. The zero-order valence-electron chi connectivity index (χ0n) is 13.6. The number of hydrogen-bond acceptors (Lipinski definition) is 1. The Morgan fingerprint density at radius 2 is 1.50 bits per heavy atom. The lowest BCUT2D eigenvalue weighted by Gasteiger charge is -2.14. The highest BCUT2D eigenvalue weighted by molar-refractivity contribution is 5.33. The summed E-state index contributed by atoms with van der Waals surface area (Å²) in [6.07, 6.45) is 10.5. The fourth-order valence-corrected chi connectivity index (χ4v) is 2.81. The molecule has 1 rings (SSSR count). The van der Waals surface area contributed by atoms with Crippen LogP contribution in [-0.2, 0) is 12.8 Å². The van der Waals surface area contributed by atoms with Crippen LogP contribution in [-0.4, -0.2) is 5.11 Å². The number of aliphatic hydroxyl groups excluding tert-OH is 1. The number of aliphatic hydroxyl groups is 1. The molecule has 1 aromatic rings. The van der Waals surface area contributed by atoms with E-state index in [9.17, 15) is 5.11 Å². The van der Waals surface area contributed by atoms with Crippen LogP contribution < -0.4 is 0 Å². The van der Waals surface area contributed by atoms with E-state index in [0.717, 1.165) is 31.2 Å². The summed E-state index contributed by atoms with van der Waals surface area (Å²) in [5, 5.41) is 10.3. The highest BCUT2D eigenvalue weighted by Crippen LogP contribution is 2.23. The van der Waals surface area contributed by atoms with E-state index in [2.05, 4.69) is 39.0 Å². The maximum Gasteiger partial charge on any atom is 0.0790 e. The van der Waals surface area contributed by atoms with E-state index in [1.807, 2.05) is 0 Å². The predicted octanol–water partition coefficient (Wildman–Crippen LogP) is 5.60. The molecule has 0 aliphatic rings. The Bertz CT molecular complexity index is 370. The molecule has 0 aromatic heterocycles. The van der Waals surface area contributed by atoms with Crippen LogP contribution in [0.3, 0.4) is 0 Å². The van der Waals surface area contributed by atoms with Gasteiger partial charge in [0.15, 0.2) is 0 Å². The molecule has 1 heteroatoms. The number of rotatable bonds is 10. The van der Waals surface area contributed by atoms with E-state index in [0.29, 0.717) is 0 Å². The van der Waals surface area contributed by atoms with Gasteiger partial charge in [0.25, 0.3) is 0 Å². The van der Waals surface area contributed by atoms with E-state index >= 15 is 0 Å². The highest BCUT2D eigenvalue weighted by Gasteiger charge is 2.09. The monoisotopic (exact) mass is 276 g/mol. The molecule has 0 aliphatic carbocycles. The first kappa shape index (κ1) is 17.2. The van der Waals surface area contributed by atoms with Gasteiger partial charge in [-0.2, -0.15) is 0 Å². The second-order valence-corrected chi connectivity index (χ2v) is 5.81. The first-order chi connectivity index (χ1) is 9.72. The Labute approximate surface area is 125 Å². The van der Waals surface area contributed by atoms with Crippen molar-refractivity contribution in [3.8, 4) is 0 Å². The predicted molar refractivity (Wildman–Crippen MR) is 88.2 cm³/mol. The number of hydrogen-bond donors (Lipinski definition) is 1. The molecule has 0 amide bonds. The van der Waals surface area contributed by atoms with Gasteiger partial charge in [-0.1, -0.05) is 77.5 Å². The van der Waals surface area contributed by atoms with Crippen LogP contribution in [0, 0.1) is 0 Å². The lowest BCUT2D eigenvalue weighted by atomic mass is 9.95. The minimum atomic E-state index is -0.280. The van der Waals surface area contributed by atoms with Gasteiger partial charge >= 0.3 is 0 Å². The number of benzene rings is 1. The molecule has 0 radical (unpaired) electrons. The summed E-state index contributed by atoms with van der Waals surface area (Å²) in [6.45, 7) is 6.63. The van der Waals surface area contributed by atoms with Crippen molar-refractivity contribution >= 4 is 0 Å². The molecule has 0 bridgehead atoms. The molecule has 1 nitrogen and oxygen atoms in total. The molecule has 0 saturated heterocycles. The van der Waals surface area contributed by atoms with E-state index in [4.69, 9.17) is 0 Å². The van der Waals surface area contributed by atoms with Crippen LogP contribution in [0.5, 0.6) is 0 Å². The lowest BCUT2D eigenvalue weighted by Crippen LogP contribution is -2.00. The average molecular weight is 276 g/mol. The largest absolute Gasteiger partial charge is 0.388 e. The summed E-state index contributed by atoms with van der Waals surface area (Å²) >= 11 is 0. The van der Waals surface area contributed by atoms with Crippen molar-refractivity contribution in [1.29, 1.82) is 0 Å². The normalized spacial score (nSPS) is 12.6. The first-order valence-corrected chi connectivity index (χ1v) is 8.52. The lowest BCUT2D eigenvalue weighted by molar-refractivity contribution is 0.163. The summed E-state index contributed by atoms with van der Waals surface area (Å²) in [6, 6.07) is 6.51. The van der Waals surface area contributed by atoms with Crippen LogP contribution in [0.25, 0.3) is 0 Å². The SMILES string of the molecule is CCCCCCCCC(O)c1ccc(CC)c(CC)c1. The summed E-state index contributed by atoms with van der Waals surface area (Å²) in [7, 11) is 0. The van der Waals surface area contributed by atoms with E-state index in [1.54, 1.807) is 0 Å². The molecular weight excluding hydrogens is 244 g/mol. The number of aryl methyl sites for hydroxylation is 2. The van der Waals surface area contributed by atoms with Crippen LogP contribution in [0.1, 0.15) is 88.5 Å². The van der Waals surface area contributed by atoms with Gasteiger partial charge in [-0.05, 0) is 36.0 Å². The van der Waals surface area contributed by atoms with Crippen molar-refractivity contribution in [3.05, 3.63) is 34.9 Å². The van der Waals surface area contributed by atoms with Gasteiger partial charge in [0, 0.05) is 0 Å². The van der Waals surface area contributed by atoms with Gasteiger partial charge in [0.1, 0.15) is 0 Å². The third-order valence-corrected chi connectivity index (χ3v) is 4.21. The topological polar surface area (TPSA) is 20.2 Å². The van der Waals surface area contributed by atoms with Crippen molar-refractivity contribution < 1.29 is 5.11 Å². The Balaban J connectivity index is 2.41. The summed E-state index contributed by atoms with van der Waals surface area (Å²) in [5.41, 5.74) is 3.92. The second-order valence-electron chi connectivity index (χ2n) is 5.81. The maximum absolute atomic E-state index is 10.3. The van der Waals surface area contributed by atoms with Gasteiger partial charge in [-0.15, -0.1) is 0 Å². The van der Waals surface area contributed by atoms with Gasteiger partial charge in [-0.25, -0.2) is 0 Å². The zero-order chi connectivity index (χ0) is 14.8. The van der Waals surface area contributed by atoms with Crippen molar-refractivity contribution in [2.24, 2.45) is 0 Å². The third kappa shape index (κ3) is 5.66. The highest BCUT2D eigenvalue weighted by atomic mass is 16.3. The van der Waals surface area contributed by atoms with Gasteiger partial charge in [-0.3, -0.25) is 0 Å². The van der Waals surface area contributed by atoms with Crippen molar-refractivity contribution in [1.82, 2.24) is 0 Å². The minimum absolute atomic E-state index is 0.280. The Hall–Kier alpha value is -0.820. The molecule has 0 spiro atoms. The molecule has 1 atom stereocenters. The Kier molecular flexibility index (Phi) is 8.60. The molecule has 1 aromatic carbocycles. The molecule has 0 fully saturated rings. The summed E-state index contributed by atoms with van der Waals surface area (Å²) < 4.78 is 0. The Morgan fingerprint density at radius 3 is 2.15 bits per heavy atom. The fraction of sp³-hybridized carbons (Fsp3) is 0.684.